The van der Waals surface area contributed by atoms with Crippen LogP contribution in [0.15, 0.2) is 12.2 Å². The molecule has 2 N–H and O–H groups in total. The molecule has 0 aliphatic rings. The van der Waals surface area contributed by atoms with Gasteiger partial charge in [0.25, 0.3) is 0 Å². The lowest BCUT2D eigenvalue weighted by molar-refractivity contribution is -0.984. The van der Waals surface area contributed by atoms with Gasteiger partial charge in [-0.3, -0.25) is 5.17 Å². The van der Waals surface area contributed by atoms with Crippen LogP contribution in [-0.2, 0) is 4.74 Å². The van der Waals surface area contributed by atoms with Gasteiger partial charge < -0.3 is 15.3 Å². The molecule has 0 aliphatic heterocycles. The van der Waals surface area contributed by atoms with E-state index in [1.807, 2.05) is 13.8 Å². The molecular formula is C10H22FN3O2. The van der Waals surface area contributed by atoms with Crippen LogP contribution < -0.4 is 10.5 Å². The largest absolute Gasteiger partial charge is 0.607 e. The minimum Gasteiger partial charge on any atom is -0.607 e. The van der Waals surface area contributed by atoms with Crippen molar-refractivity contribution in [3.05, 3.63) is 17.4 Å². The zero-order valence-corrected chi connectivity index (χ0v) is 10.6. The standard InChI is InChI=1S/C10H22FN3O2/c1-6-16-9(3)8(2)14(15)13(5)7-10(11)12-4/h7-9,12,14H,6H2,1-5H3/b10-7+/t8?,9-/m0/s1. The van der Waals surface area contributed by atoms with Gasteiger partial charge in [0, 0.05) is 13.7 Å². The fourth-order valence-corrected chi connectivity index (χ4v) is 1.23. The van der Waals surface area contributed by atoms with Gasteiger partial charge in [0.1, 0.15) is 18.3 Å². The first kappa shape index (κ1) is 15.2. The Morgan fingerprint density at radius 1 is 1.62 bits per heavy atom. The second-order valence-corrected chi connectivity index (χ2v) is 3.63. The molecule has 0 heterocycles. The summed E-state index contributed by atoms with van der Waals surface area (Å²) in [4.78, 5) is 0. The predicted molar refractivity (Wildman–Crippen MR) is 60.9 cm³/mol. The lowest BCUT2D eigenvalue weighted by atomic mass is 10.2. The second-order valence-electron chi connectivity index (χ2n) is 3.63. The van der Waals surface area contributed by atoms with Crippen LogP contribution in [0.25, 0.3) is 0 Å². The van der Waals surface area contributed by atoms with Gasteiger partial charge in [-0.2, -0.15) is 4.39 Å². The summed E-state index contributed by atoms with van der Waals surface area (Å²) in [6.07, 6.45) is 0.948. The van der Waals surface area contributed by atoms with Crippen molar-refractivity contribution in [3.63, 3.8) is 0 Å². The van der Waals surface area contributed by atoms with Crippen molar-refractivity contribution in [2.24, 2.45) is 0 Å². The van der Waals surface area contributed by atoms with Crippen LogP contribution in [0.1, 0.15) is 20.8 Å². The van der Waals surface area contributed by atoms with Crippen LogP contribution in [0.5, 0.6) is 0 Å². The molecule has 0 aromatic rings. The molecule has 16 heavy (non-hydrogen) atoms. The van der Waals surface area contributed by atoms with E-state index in [2.05, 4.69) is 5.32 Å². The summed E-state index contributed by atoms with van der Waals surface area (Å²) in [7, 11) is 2.98. The molecule has 0 amide bonds. The maximum absolute atomic E-state index is 12.9. The lowest BCUT2D eigenvalue weighted by Crippen LogP contribution is -3.17. The van der Waals surface area contributed by atoms with Gasteiger partial charge in [-0.25, -0.2) is 5.01 Å². The molecule has 0 saturated carbocycles. The van der Waals surface area contributed by atoms with Gasteiger partial charge in [-0.05, 0) is 20.8 Å². The van der Waals surface area contributed by atoms with Gasteiger partial charge in [0.05, 0.1) is 7.05 Å². The van der Waals surface area contributed by atoms with E-state index in [1.165, 1.54) is 19.1 Å². The van der Waals surface area contributed by atoms with Crippen LogP contribution in [-0.4, -0.2) is 37.9 Å². The molecule has 2 unspecified atom stereocenters. The highest BCUT2D eigenvalue weighted by Gasteiger charge is 2.21. The van der Waals surface area contributed by atoms with E-state index >= 15 is 0 Å². The topological polar surface area (TPSA) is 52.0 Å². The summed E-state index contributed by atoms with van der Waals surface area (Å²) in [5.74, 6) is -0.549. The monoisotopic (exact) mass is 235 g/mol. The molecule has 0 rings (SSSR count). The number of hydroxylamine groups is 1. The third-order valence-corrected chi connectivity index (χ3v) is 2.42. The summed E-state index contributed by atoms with van der Waals surface area (Å²) in [6.45, 7) is 6.03. The molecule has 5 nitrogen and oxygen atoms in total. The average molecular weight is 235 g/mol. The van der Waals surface area contributed by atoms with Gasteiger partial charge >= 0.3 is 0 Å². The molecule has 0 aliphatic carbocycles. The Hall–Kier alpha value is -0.850. The Balaban J connectivity index is 4.36. The minimum atomic E-state index is -0.549. The number of quaternary nitrogens is 1. The smallest absolute Gasteiger partial charge is 0.208 e. The second kappa shape index (κ2) is 7.43. The summed E-state index contributed by atoms with van der Waals surface area (Å²) >= 11 is 0. The molecule has 0 aromatic heterocycles. The highest BCUT2D eigenvalue weighted by atomic mass is 19.1. The van der Waals surface area contributed by atoms with Gasteiger partial charge in [-0.15, -0.1) is 0 Å². The number of nitrogens with one attached hydrogen (secondary N) is 2. The first-order valence-corrected chi connectivity index (χ1v) is 5.37. The van der Waals surface area contributed by atoms with E-state index in [0.717, 1.165) is 6.20 Å². The first-order chi connectivity index (χ1) is 7.43. The first-order valence-electron chi connectivity index (χ1n) is 5.37. The number of nitrogens with zero attached hydrogens (tertiary/aromatic N) is 1. The number of rotatable bonds is 7. The summed E-state index contributed by atoms with van der Waals surface area (Å²) in [5.41, 5.74) is 0. The molecule has 0 fully saturated rings. The molecule has 6 heteroatoms. The average Bonchev–Trinajstić information content (AvgIpc) is 2.26. The maximum Gasteiger partial charge on any atom is 0.208 e. The van der Waals surface area contributed by atoms with E-state index in [1.54, 1.807) is 6.92 Å². The Labute approximate surface area is 96.4 Å². The SMILES string of the molecule is CCO[C@@H](C)C(C)[NH+]([O-])N(C)/C=C(\F)NC. The van der Waals surface area contributed by atoms with Crippen molar-refractivity contribution in [1.29, 1.82) is 0 Å². The number of halogens is 1. The molecular weight excluding hydrogens is 213 g/mol. The van der Waals surface area contributed by atoms with Gasteiger partial charge in [-0.1, -0.05) is 0 Å². The third kappa shape index (κ3) is 4.78. The molecule has 0 aromatic carbocycles. The molecule has 96 valence electrons. The lowest BCUT2D eigenvalue weighted by Gasteiger charge is -2.37. The van der Waals surface area contributed by atoms with Crippen LogP contribution >= 0.6 is 0 Å². The minimum absolute atomic E-state index is 0.175. The van der Waals surface area contributed by atoms with Crippen molar-refractivity contribution >= 4 is 0 Å². The highest BCUT2D eigenvalue weighted by Crippen LogP contribution is 1.96. The van der Waals surface area contributed by atoms with E-state index in [9.17, 15) is 9.60 Å². The number of ether oxygens (including phenoxy) is 1. The van der Waals surface area contributed by atoms with Gasteiger partial charge in [0.15, 0.2) is 0 Å². The Morgan fingerprint density at radius 3 is 2.62 bits per heavy atom. The maximum atomic E-state index is 12.9. The summed E-state index contributed by atoms with van der Waals surface area (Å²) < 4.78 is 18.2. The van der Waals surface area contributed by atoms with Crippen molar-refractivity contribution in [2.75, 3.05) is 20.7 Å². The molecule has 0 bridgehead atoms. The molecule has 0 radical (unpaired) electrons. The zero-order valence-electron chi connectivity index (χ0n) is 10.6. The summed E-state index contributed by atoms with van der Waals surface area (Å²) in [5, 5.41) is 15.2. The Bertz CT molecular complexity index is 226. The highest BCUT2D eigenvalue weighted by molar-refractivity contribution is 4.83. The Morgan fingerprint density at radius 2 is 2.19 bits per heavy atom. The van der Waals surface area contributed by atoms with Crippen molar-refractivity contribution < 1.29 is 14.3 Å². The number of hydrogen-bond acceptors (Lipinski definition) is 4. The summed E-state index contributed by atoms with van der Waals surface area (Å²) in [6, 6.07) is -0.300. The van der Waals surface area contributed by atoms with Crippen LogP contribution in [0.4, 0.5) is 4.39 Å². The van der Waals surface area contributed by atoms with E-state index < -0.39 is 5.95 Å². The normalized spacial score (nSPS) is 17.8. The van der Waals surface area contributed by atoms with Crippen LogP contribution in [0, 0.1) is 5.21 Å². The van der Waals surface area contributed by atoms with E-state index in [-0.39, 0.29) is 17.3 Å². The zero-order chi connectivity index (χ0) is 12.7. The predicted octanol–water partition coefficient (Wildman–Crippen LogP) is 0.0172. The molecule has 3 atom stereocenters. The van der Waals surface area contributed by atoms with Crippen molar-refractivity contribution in [1.82, 2.24) is 10.3 Å². The number of hydrogen-bond donors (Lipinski definition) is 2. The Kier molecular flexibility index (Phi) is 7.03. The van der Waals surface area contributed by atoms with E-state index in [4.69, 9.17) is 4.74 Å². The van der Waals surface area contributed by atoms with Crippen LogP contribution in [0.3, 0.4) is 0 Å². The van der Waals surface area contributed by atoms with Crippen LogP contribution in [0.2, 0.25) is 0 Å². The third-order valence-electron chi connectivity index (χ3n) is 2.42. The quantitative estimate of drug-likeness (QED) is 0.482. The molecule has 0 spiro atoms. The molecule has 0 saturated heterocycles. The van der Waals surface area contributed by atoms with Crippen molar-refractivity contribution in [2.45, 2.75) is 32.9 Å². The fraction of sp³-hybridized carbons (Fsp3) is 0.800. The van der Waals surface area contributed by atoms with Gasteiger partial charge in [0.2, 0.25) is 5.95 Å². The van der Waals surface area contributed by atoms with E-state index in [0.29, 0.717) is 6.61 Å². The van der Waals surface area contributed by atoms with Crippen molar-refractivity contribution in [3.8, 4) is 0 Å². The fourth-order valence-electron chi connectivity index (χ4n) is 1.23.